The van der Waals surface area contributed by atoms with Crippen molar-refractivity contribution in [3.63, 3.8) is 0 Å². The molecule has 23 heavy (non-hydrogen) atoms. The van der Waals surface area contributed by atoms with Crippen LogP contribution < -0.4 is 0 Å². The first-order chi connectivity index (χ1) is 11.1. The summed E-state index contributed by atoms with van der Waals surface area (Å²) in [5.74, 6) is -0.0492. The zero-order valence-corrected chi connectivity index (χ0v) is 13.0. The average molecular weight is 319 g/mol. The highest BCUT2D eigenvalue weighted by molar-refractivity contribution is 5.70. The van der Waals surface area contributed by atoms with E-state index in [2.05, 4.69) is 4.98 Å². The molecule has 0 radical (unpaired) electrons. The fourth-order valence-electron chi connectivity index (χ4n) is 4.03. The molecule has 1 fully saturated rings. The third kappa shape index (κ3) is 2.50. The Hall–Kier alpha value is -1.66. The summed E-state index contributed by atoms with van der Waals surface area (Å²) in [5.41, 5.74) is 2.49. The lowest BCUT2D eigenvalue weighted by atomic mass is 9.84. The van der Waals surface area contributed by atoms with Gasteiger partial charge in [0.25, 0.3) is 0 Å². The van der Waals surface area contributed by atoms with Gasteiger partial charge in [0, 0.05) is 5.56 Å². The largest absolute Gasteiger partial charge is 0.393 e. The van der Waals surface area contributed by atoms with E-state index < -0.39 is 6.10 Å². The number of imidazole rings is 1. The molecule has 5 nitrogen and oxygen atoms in total. The van der Waals surface area contributed by atoms with Gasteiger partial charge in [-0.2, -0.15) is 0 Å². The summed E-state index contributed by atoms with van der Waals surface area (Å²) in [5, 5.41) is 20.3. The number of allylic oxidation sites excluding steroid dienone is 1. The van der Waals surface area contributed by atoms with Crippen LogP contribution in [0.15, 0.2) is 18.6 Å². The Balaban J connectivity index is 1.65. The Morgan fingerprint density at radius 3 is 2.87 bits per heavy atom. The van der Waals surface area contributed by atoms with Crippen LogP contribution in [0, 0.1) is 5.92 Å². The molecule has 0 amide bonds. The molecular formula is C17H22FN3O2. The third-order valence-corrected chi connectivity index (χ3v) is 5.32. The molecule has 2 aromatic heterocycles. The Bertz CT molecular complexity index is 740. The molecule has 4 rings (SSSR count). The zero-order chi connectivity index (χ0) is 16.0. The van der Waals surface area contributed by atoms with E-state index in [0.717, 1.165) is 43.2 Å². The zero-order valence-electron chi connectivity index (χ0n) is 13.0. The minimum atomic E-state index is -0.542. The Morgan fingerprint density at radius 1 is 1.30 bits per heavy atom. The summed E-state index contributed by atoms with van der Waals surface area (Å²) in [7, 11) is 0. The van der Waals surface area contributed by atoms with Crippen molar-refractivity contribution in [2.75, 3.05) is 0 Å². The molecule has 124 valence electrons. The number of fused-ring (bicyclic) bond motifs is 3. The molecule has 2 heterocycles. The van der Waals surface area contributed by atoms with Gasteiger partial charge in [-0.15, -0.1) is 0 Å². The van der Waals surface area contributed by atoms with Crippen molar-refractivity contribution >= 4 is 11.3 Å². The molecule has 0 bridgehead atoms. The van der Waals surface area contributed by atoms with Crippen LogP contribution in [0.2, 0.25) is 0 Å². The van der Waals surface area contributed by atoms with E-state index in [4.69, 9.17) is 0 Å². The van der Waals surface area contributed by atoms with Crippen LogP contribution in [0.25, 0.3) is 11.3 Å². The average Bonchev–Trinajstić information content (AvgIpc) is 3.12. The normalized spacial score (nSPS) is 26.1. The maximum absolute atomic E-state index is 14.4. The first-order valence-electron chi connectivity index (χ1n) is 8.41. The second-order valence-corrected chi connectivity index (χ2v) is 6.76. The Kier molecular flexibility index (Phi) is 3.73. The summed E-state index contributed by atoms with van der Waals surface area (Å²) in [6.45, 7) is 0.351. The van der Waals surface area contributed by atoms with E-state index in [0.29, 0.717) is 18.7 Å². The second-order valence-electron chi connectivity index (χ2n) is 6.76. The maximum Gasteiger partial charge on any atom is 0.144 e. The van der Waals surface area contributed by atoms with E-state index in [1.165, 1.54) is 0 Å². The van der Waals surface area contributed by atoms with Crippen LogP contribution in [0.3, 0.4) is 0 Å². The van der Waals surface area contributed by atoms with Crippen molar-refractivity contribution in [3.8, 4) is 0 Å². The van der Waals surface area contributed by atoms with E-state index in [1.807, 2.05) is 9.20 Å². The minimum Gasteiger partial charge on any atom is -0.393 e. The summed E-state index contributed by atoms with van der Waals surface area (Å²) < 4.78 is 18.1. The second kappa shape index (κ2) is 5.76. The number of hydrogen-bond acceptors (Lipinski definition) is 3. The Labute approximate surface area is 134 Å². The molecule has 2 aromatic rings. The smallest absolute Gasteiger partial charge is 0.144 e. The minimum absolute atomic E-state index is 0.158. The fraction of sp³-hybridized carbons (Fsp3) is 0.588. The lowest BCUT2D eigenvalue weighted by molar-refractivity contribution is 0.0307. The molecule has 0 aromatic carbocycles. The van der Waals surface area contributed by atoms with E-state index in [9.17, 15) is 14.6 Å². The van der Waals surface area contributed by atoms with Gasteiger partial charge in [-0.05, 0) is 50.5 Å². The topological polar surface area (TPSA) is 62.7 Å². The molecule has 0 aliphatic heterocycles. The SMILES string of the molecule is OC1CCC(C(O)Cn2c3c(c4cncn42)CCC=C3F)CC1. The van der Waals surface area contributed by atoms with Gasteiger partial charge in [-0.25, -0.2) is 13.9 Å². The van der Waals surface area contributed by atoms with Crippen molar-refractivity contribution in [3.05, 3.63) is 29.9 Å². The number of rotatable bonds is 3. The van der Waals surface area contributed by atoms with Crippen LogP contribution in [0.4, 0.5) is 4.39 Å². The van der Waals surface area contributed by atoms with Crippen LogP contribution in [0.5, 0.6) is 0 Å². The molecule has 2 aliphatic rings. The molecule has 6 heteroatoms. The number of aromatic nitrogens is 3. The predicted octanol–water partition coefficient (Wildman–Crippen LogP) is 2.30. The highest BCUT2D eigenvalue weighted by Gasteiger charge is 2.29. The van der Waals surface area contributed by atoms with Crippen LogP contribution in [-0.2, 0) is 13.0 Å². The quantitative estimate of drug-likeness (QED) is 0.912. The highest BCUT2D eigenvalue weighted by atomic mass is 19.1. The molecule has 0 spiro atoms. The highest BCUT2D eigenvalue weighted by Crippen LogP contribution is 2.33. The predicted molar refractivity (Wildman–Crippen MR) is 84.6 cm³/mol. The van der Waals surface area contributed by atoms with Gasteiger partial charge in [0.05, 0.1) is 36.2 Å². The molecule has 2 aliphatic carbocycles. The number of aryl methyl sites for hydroxylation is 1. The summed E-state index contributed by atoms with van der Waals surface area (Å²) in [6, 6.07) is 0. The lowest BCUT2D eigenvalue weighted by Gasteiger charge is -2.29. The molecule has 2 N–H and O–H groups in total. The van der Waals surface area contributed by atoms with Crippen LogP contribution in [-0.4, -0.2) is 36.6 Å². The van der Waals surface area contributed by atoms with Crippen molar-refractivity contribution < 1.29 is 14.6 Å². The number of aliphatic hydroxyl groups is 2. The fourth-order valence-corrected chi connectivity index (χ4v) is 4.03. The molecule has 1 saturated carbocycles. The van der Waals surface area contributed by atoms with Crippen molar-refractivity contribution in [1.82, 2.24) is 14.2 Å². The van der Waals surface area contributed by atoms with Crippen molar-refractivity contribution in [2.45, 2.75) is 57.3 Å². The van der Waals surface area contributed by atoms with Crippen LogP contribution >= 0.6 is 0 Å². The number of halogens is 1. The first-order valence-corrected chi connectivity index (χ1v) is 8.41. The molecule has 1 atom stereocenters. The lowest BCUT2D eigenvalue weighted by Crippen LogP contribution is -2.32. The summed E-state index contributed by atoms with van der Waals surface area (Å²) in [4.78, 5) is 4.17. The van der Waals surface area contributed by atoms with E-state index in [1.54, 1.807) is 18.6 Å². The van der Waals surface area contributed by atoms with Gasteiger partial charge >= 0.3 is 0 Å². The molecule has 0 saturated heterocycles. The standard InChI is InChI=1S/C17H22FN3O2/c18-14-3-1-2-13-15-8-19-10-21(15)20(17(13)14)9-16(23)11-4-6-12(22)7-5-11/h3,8,10-12,16,22-23H,1-2,4-7,9H2. The maximum atomic E-state index is 14.4. The van der Waals surface area contributed by atoms with Gasteiger partial charge in [-0.1, -0.05) is 0 Å². The van der Waals surface area contributed by atoms with Gasteiger partial charge in [-0.3, -0.25) is 4.68 Å². The number of nitrogens with zero attached hydrogens (tertiary/aromatic N) is 3. The monoisotopic (exact) mass is 319 g/mol. The van der Waals surface area contributed by atoms with Gasteiger partial charge in [0.1, 0.15) is 12.2 Å². The summed E-state index contributed by atoms with van der Waals surface area (Å²) >= 11 is 0. The number of aliphatic hydroxyl groups excluding tert-OH is 2. The van der Waals surface area contributed by atoms with E-state index >= 15 is 0 Å². The van der Waals surface area contributed by atoms with E-state index in [-0.39, 0.29) is 17.8 Å². The summed E-state index contributed by atoms with van der Waals surface area (Å²) in [6.07, 6.45) is 8.89. The van der Waals surface area contributed by atoms with Gasteiger partial charge in [0.2, 0.25) is 0 Å². The molecule has 1 unspecified atom stereocenters. The Morgan fingerprint density at radius 2 is 2.09 bits per heavy atom. The first kappa shape index (κ1) is 14.9. The molecular weight excluding hydrogens is 297 g/mol. The number of hydrogen-bond donors (Lipinski definition) is 2. The van der Waals surface area contributed by atoms with Crippen LogP contribution in [0.1, 0.15) is 43.4 Å². The van der Waals surface area contributed by atoms with Gasteiger partial charge < -0.3 is 10.2 Å². The third-order valence-electron chi connectivity index (χ3n) is 5.32. The van der Waals surface area contributed by atoms with Crippen molar-refractivity contribution in [2.24, 2.45) is 5.92 Å². The van der Waals surface area contributed by atoms with Crippen molar-refractivity contribution in [1.29, 1.82) is 0 Å². The van der Waals surface area contributed by atoms with Gasteiger partial charge in [0.15, 0.2) is 0 Å².